The first-order valence-corrected chi connectivity index (χ1v) is 9.98. The lowest BCUT2D eigenvalue weighted by Gasteiger charge is -2.20. The minimum Gasteiger partial charge on any atom is -0.347 e. The Kier molecular flexibility index (Phi) is 4.16. The van der Waals surface area contributed by atoms with Gasteiger partial charge in [0.1, 0.15) is 5.82 Å². The van der Waals surface area contributed by atoms with Gasteiger partial charge < -0.3 is 4.57 Å². The van der Waals surface area contributed by atoms with Crippen molar-refractivity contribution in [2.75, 3.05) is 0 Å². The molecule has 1 aromatic carbocycles. The zero-order valence-corrected chi connectivity index (χ0v) is 15.7. The average Bonchev–Trinajstić information content (AvgIpc) is 3.38. The van der Waals surface area contributed by atoms with Crippen LogP contribution < -0.4 is 4.72 Å². The minimum atomic E-state index is -0.0189. The monoisotopic (exact) mass is 346 g/mol. The van der Waals surface area contributed by atoms with Crippen molar-refractivity contribution in [3.8, 4) is 0 Å². The lowest BCUT2D eigenvalue weighted by atomic mass is 9.97. The Morgan fingerprint density at radius 3 is 2.58 bits per heavy atom. The molecule has 2 aliphatic rings. The van der Waals surface area contributed by atoms with Gasteiger partial charge in [-0.2, -0.15) is 0 Å². The normalized spacial score (nSPS) is 18.5. The van der Waals surface area contributed by atoms with Crippen LogP contribution in [-0.2, 0) is 13.1 Å². The molecule has 0 saturated heterocycles. The van der Waals surface area contributed by atoms with E-state index >= 15 is 0 Å². The van der Waals surface area contributed by atoms with E-state index in [1.54, 1.807) is 6.07 Å². The topological polar surface area (TPSA) is 17.0 Å². The fourth-order valence-corrected chi connectivity index (χ4v) is 4.16. The van der Waals surface area contributed by atoms with Crippen LogP contribution in [-0.4, -0.2) is 9.82 Å². The Hall–Kier alpha value is -1.00. The Labute approximate surface area is 148 Å². The molecule has 2 aromatic rings. The van der Waals surface area contributed by atoms with Gasteiger partial charge in [0.25, 0.3) is 0 Å². The molecule has 130 valence electrons. The fourth-order valence-electron chi connectivity index (χ4n) is 3.31. The lowest BCUT2D eigenvalue weighted by Crippen LogP contribution is -2.14. The van der Waals surface area contributed by atoms with Gasteiger partial charge in [-0.15, -0.1) is 0 Å². The van der Waals surface area contributed by atoms with Crippen molar-refractivity contribution in [2.24, 2.45) is 5.41 Å². The number of nitrogens with one attached hydrogen (secondary N) is 1. The highest BCUT2D eigenvalue weighted by Crippen LogP contribution is 2.43. The summed E-state index contributed by atoms with van der Waals surface area (Å²) in [6.07, 6.45) is 7.14. The predicted octanol–water partition coefficient (Wildman–Crippen LogP) is 5.60. The SMILES string of the molecule is CC(C)(C)Cn1cc(CNSC2CC2)c2cc(F)c(C3CC3)cc21. The van der Waals surface area contributed by atoms with E-state index in [0.29, 0.717) is 5.92 Å². The molecule has 4 heteroatoms. The second kappa shape index (κ2) is 6.06. The molecular formula is C20H27FN2S. The molecule has 1 heterocycles. The van der Waals surface area contributed by atoms with Gasteiger partial charge in [-0.05, 0) is 60.3 Å². The van der Waals surface area contributed by atoms with Crippen molar-refractivity contribution in [3.05, 3.63) is 35.3 Å². The summed E-state index contributed by atoms with van der Waals surface area (Å²) in [6.45, 7) is 8.52. The maximum Gasteiger partial charge on any atom is 0.127 e. The van der Waals surface area contributed by atoms with E-state index < -0.39 is 0 Å². The van der Waals surface area contributed by atoms with Crippen LogP contribution >= 0.6 is 11.9 Å². The van der Waals surface area contributed by atoms with Gasteiger partial charge in [0.2, 0.25) is 0 Å². The number of hydrogen-bond donors (Lipinski definition) is 1. The number of nitrogens with zero attached hydrogens (tertiary/aromatic N) is 1. The highest BCUT2D eigenvalue weighted by molar-refractivity contribution is 7.98. The van der Waals surface area contributed by atoms with Crippen molar-refractivity contribution in [3.63, 3.8) is 0 Å². The number of benzene rings is 1. The number of hydrogen-bond acceptors (Lipinski definition) is 2. The van der Waals surface area contributed by atoms with E-state index in [9.17, 15) is 4.39 Å². The smallest absolute Gasteiger partial charge is 0.127 e. The molecular weight excluding hydrogens is 319 g/mol. The molecule has 1 N–H and O–H groups in total. The highest BCUT2D eigenvalue weighted by Gasteiger charge is 2.28. The van der Waals surface area contributed by atoms with Crippen molar-refractivity contribution in [2.45, 2.75) is 70.7 Å². The third-order valence-electron chi connectivity index (χ3n) is 4.78. The Morgan fingerprint density at radius 1 is 1.21 bits per heavy atom. The number of halogens is 1. The van der Waals surface area contributed by atoms with Crippen LogP contribution in [0.15, 0.2) is 18.3 Å². The summed E-state index contributed by atoms with van der Waals surface area (Å²) >= 11 is 1.84. The molecule has 2 saturated carbocycles. The van der Waals surface area contributed by atoms with E-state index in [0.717, 1.165) is 42.1 Å². The summed E-state index contributed by atoms with van der Waals surface area (Å²) < 4.78 is 20.4. The molecule has 2 nitrogen and oxygen atoms in total. The van der Waals surface area contributed by atoms with E-state index in [2.05, 4.69) is 42.3 Å². The average molecular weight is 347 g/mol. The molecule has 0 unspecified atom stereocenters. The van der Waals surface area contributed by atoms with E-state index in [-0.39, 0.29) is 11.2 Å². The summed E-state index contributed by atoms with van der Waals surface area (Å²) in [5, 5.41) is 1.86. The number of rotatable bonds is 6. The summed E-state index contributed by atoms with van der Waals surface area (Å²) in [5.74, 6) is 0.425. The molecule has 4 rings (SSSR count). The van der Waals surface area contributed by atoms with Gasteiger partial charge in [0.05, 0.1) is 0 Å². The van der Waals surface area contributed by atoms with Crippen molar-refractivity contribution in [1.82, 2.24) is 9.29 Å². The molecule has 0 amide bonds. The molecule has 0 atom stereocenters. The highest BCUT2D eigenvalue weighted by atomic mass is 32.2. The predicted molar refractivity (Wildman–Crippen MR) is 101 cm³/mol. The van der Waals surface area contributed by atoms with Crippen LogP contribution in [0.1, 0.15) is 63.5 Å². The molecule has 24 heavy (non-hydrogen) atoms. The fraction of sp³-hybridized carbons (Fsp3) is 0.600. The first kappa shape index (κ1) is 16.5. The first-order valence-electron chi connectivity index (χ1n) is 9.10. The third-order valence-corrected chi connectivity index (χ3v) is 5.90. The van der Waals surface area contributed by atoms with Crippen LogP contribution in [0.25, 0.3) is 10.9 Å². The molecule has 2 fully saturated rings. The molecule has 0 aliphatic heterocycles. The molecule has 0 spiro atoms. The Balaban J connectivity index is 1.69. The molecule has 1 aromatic heterocycles. The Bertz CT molecular complexity index is 751. The second-order valence-electron chi connectivity index (χ2n) is 8.65. The molecule has 2 aliphatic carbocycles. The zero-order chi connectivity index (χ0) is 16.9. The summed E-state index contributed by atoms with van der Waals surface area (Å²) in [5.41, 5.74) is 3.53. The van der Waals surface area contributed by atoms with E-state index in [1.807, 2.05) is 11.9 Å². The number of aromatic nitrogens is 1. The van der Waals surface area contributed by atoms with Crippen molar-refractivity contribution < 1.29 is 4.39 Å². The van der Waals surface area contributed by atoms with Gasteiger partial charge >= 0.3 is 0 Å². The summed E-state index contributed by atoms with van der Waals surface area (Å²) in [6, 6.07) is 3.90. The standard InChI is InChI=1S/C20H27FN2S/c1-20(2,3)12-23-11-14(10-22-24-15-6-7-15)17-8-18(21)16(9-19(17)23)13-4-5-13/h8-9,11,13,15,22H,4-7,10,12H2,1-3H3. The van der Waals surface area contributed by atoms with Crippen LogP contribution in [0.5, 0.6) is 0 Å². The zero-order valence-electron chi connectivity index (χ0n) is 14.9. The quantitative estimate of drug-likeness (QED) is 0.685. The maximum absolute atomic E-state index is 14.6. The molecule has 0 radical (unpaired) electrons. The number of fused-ring (bicyclic) bond motifs is 1. The van der Waals surface area contributed by atoms with E-state index in [1.165, 1.54) is 23.9 Å². The lowest BCUT2D eigenvalue weighted by molar-refractivity contribution is 0.349. The first-order chi connectivity index (χ1) is 11.4. The third kappa shape index (κ3) is 3.65. The van der Waals surface area contributed by atoms with Gasteiger partial charge in [-0.3, -0.25) is 4.72 Å². The second-order valence-corrected chi connectivity index (χ2v) is 9.84. The maximum atomic E-state index is 14.6. The van der Waals surface area contributed by atoms with Crippen LogP contribution in [0, 0.1) is 11.2 Å². The molecule has 0 bridgehead atoms. The van der Waals surface area contributed by atoms with Crippen molar-refractivity contribution in [1.29, 1.82) is 0 Å². The van der Waals surface area contributed by atoms with Gasteiger partial charge in [-0.25, -0.2) is 4.39 Å². The van der Waals surface area contributed by atoms with Crippen molar-refractivity contribution >= 4 is 22.9 Å². The Morgan fingerprint density at radius 2 is 1.96 bits per heavy atom. The van der Waals surface area contributed by atoms with Crippen LogP contribution in [0.3, 0.4) is 0 Å². The van der Waals surface area contributed by atoms with E-state index in [4.69, 9.17) is 0 Å². The van der Waals surface area contributed by atoms with Crippen LogP contribution in [0.4, 0.5) is 4.39 Å². The summed E-state index contributed by atoms with van der Waals surface area (Å²) in [7, 11) is 0. The van der Waals surface area contributed by atoms with Crippen LogP contribution in [0.2, 0.25) is 0 Å². The van der Waals surface area contributed by atoms with Gasteiger partial charge in [0, 0.05) is 35.4 Å². The minimum absolute atomic E-state index is 0.0189. The van der Waals surface area contributed by atoms with Gasteiger partial charge in [-0.1, -0.05) is 32.7 Å². The largest absolute Gasteiger partial charge is 0.347 e. The van der Waals surface area contributed by atoms with Gasteiger partial charge in [0.15, 0.2) is 0 Å². The summed E-state index contributed by atoms with van der Waals surface area (Å²) in [4.78, 5) is 0.